The molecular weight excluding hydrogens is 470 g/mol. The number of piperazine rings is 1. The van der Waals surface area contributed by atoms with Crippen LogP contribution in [-0.2, 0) is 0 Å². The van der Waals surface area contributed by atoms with Crippen LogP contribution in [0.2, 0.25) is 0 Å². The van der Waals surface area contributed by atoms with E-state index in [1.807, 2.05) is 22.8 Å². The Kier molecular flexibility index (Phi) is 6.27. The number of aliphatic hydroxyl groups excluding tert-OH is 1. The van der Waals surface area contributed by atoms with Crippen molar-refractivity contribution < 1.29 is 14.6 Å². The number of nitrogens with one attached hydrogen (secondary N) is 1. The number of aromatic nitrogens is 4. The van der Waals surface area contributed by atoms with Gasteiger partial charge >= 0.3 is 0 Å². The van der Waals surface area contributed by atoms with Crippen LogP contribution >= 0.6 is 0 Å². The van der Waals surface area contributed by atoms with Crippen LogP contribution < -0.4 is 19.7 Å². The van der Waals surface area contributed by atoms with Crippen LogP contribution in [0, 0.1) is 13.8 Å². The predicted molar refractivity (Wildman–Crippen MR) is 142 cm³/mol. The molecule has 1 fully saturated rings. The molecule has 10 nitrogen and oxygen atoms in total. The summed E-state index contributed by atoms with van der Waals surface area (Å²) in [5, 5.41) is 14.0. The Morgan fingerprint density at radius 2 is 1.84 bits per heavy atom. The molecule has 2 aromatic heterocycles. The molecule has 4 heterocycles. The Bertz CT molecular complexity index is 1410. The molecular formula is C27H31N7O3. The van der Waals surface area contributed by atoms with Gasteiger partial charge in [0.1, 0.15) is 12.7 Å². The number of aliphatic hydroxyl groups is 1. The van der Waals surface area contributed by atoms with Crippen LogP contribution in [0.4, 0.5) is 11.5 Å². The molecule has 37 heavy (non-hydrogen) atoms. The Labute approximate surface area is 215 Å². The molecule has 0 spiro atoms. The molecule has 192 valence electrons. The number of hydrogen-bond acceptors (Lipinski definition) is 9. The zero-order chi connectivity index (χ0) is 25.4. The average molecular weight is 502 g/mol. The van der Waals surface area contributed by atoms with Crippen LogP contribution in [-0.4, -0.2) is 81.7 Å². The lowest BCUT2D eigenvalue weighted by atomic mass is 10.1. The first-order valence-corrected chi connectivity index (χ1v) is 12.6. The first-order valence-electron chi connectivity index (χ1n) is 12.6. The first-order chi connectivity index (χ1) is 18.1. The lowest BCUT2D eigenvalue weighted by Gasteiger charge is -2.37. The summed E-state index contributed by atoms with van der Waals surface area (Å²) in [4.78, 5) is 18.1. The summed E-state index contributed by atoms with van der Waals surface area (Å²) in [7, 11) is 0. The minimum Gasteiger partial charge on any atom is -0.454 e. The Balaban J connectivity index is 1.07. The number of nitrogens with zero attached hydrogens (tertiary/aromatic N) is 6. The second-order valence-electron chi connectivity index (χ2n) is 9.59. The van der Waals surface area contributed by atoms with Crippen molar-refractivity contribution in [2.24, 2.45) is 0 Å². The van der Waals surface area contributed by atoms with Crippen molar-refractivity contribution in [1.29, 1.82) is 0 Å². The maximum absolute atomic E-state index is 10.8. The maximum Gasteiger partial charge on any atom is 0.231 e. The third-order valence-corrected chi connectivity index (χ3v) is 7.23. The minimum absolute atomic E-state index is 0.226. The summed E-state index contributed by atoms with van der Waals surface area (Å²) in [6.45, 7) is 9.30. The lowest BCUT2D eigenvalue weighted by molar-refractivity contribution is 0.118. The van der Waals surface area contributed by atoms with Crippen molar-refractivity contribution in [2.45, 2.75) is 20.0 Å². The fourth-order valence-corrected chi connectivity index (χ4v) is 5.01. The van der Waals surface area contributed by atoms with E-state index in [1.54, 1.807) is 6.33 Å². The average Bonchev–Trinajstić information content (AvgIpc) is 3.56. The van der Waals surface area contributed by atoms with E-state index in [4.69, 9.17) is 9.47 Å². The van der Waals surface area contributed by atoms with Gasteiger partial charge in [-0.3, -0.25) is 9.47 Å². The smallest absolute Gasteiger partial charge is 0.231 e. The molecule has 0 amide bonds. The molecule has 4 aromatic rings. The number of β-amino-alcohol motifs (C(OH)–C–C–N with tert-alkyl or cyclic N) is 1. The van der Waals surface area contributed by atoms with Gasteiger partial charge in [-0.15, -0.1) is 0 Å². The zero-order valence-electron chi connectivity index (χ0n) is 21.1. The standard InChI is InChI=1S/C27H31N7O3/c1-18-4-3-5-22(19(18)2)33-10-8-32(9-11-33)14-21(35)13-28-26-25-27(30-15-29-26)34(16-31-25)20-6-7-23-24(12-20)37-17-36-23/h3-7,12,15-16,21,35H,8-11,13-14,17H2,1-2H3,(H,28,29,30). The summed E-state index contributed by atoms with van der Waals surface area (Å²) in [6, 6.07) is 12.2. The van der Waals surface area contributed by atoms with Crippen LogP contribution in [0.25, 0.3) is 16.9 Å². The number of aryl methyl sites for hydroxylation is 1. The molecule has 1 saturated heterocycles. The SMILES string of the molecule is Cc1cccc(N2CCN(CC(O)CNc3ncnc4c3ncn4-c3ccc4c(c3)OCO4)CC2)c1C. The number of anilines is 2. The molecule has 0 bridgehead atoms. The van der Waals surface area contributed by atoms with Crippen LogP contribution in [0.15, 0.2) is 49.1 Å². The van der Waals surface area contributed by atoms with Gasteiger partial charge in [-0.2, -0.15) is 0 Å². The summed E-state index contributed by atoms with van der Waals surface area (Å²) in [5.74, 6) is 2.03. The van der Waals surface area contributed by atoms with E-state index < -0.39 is 6.10 Å². The van der Waals surface area contributed by atoms with Gasteiger partial charge < -0.3 is 24.8 Å². The quantitative estimate of drug-likeness (QED) is 0.396. The Hall–Kier alpha value is -3.89. The number of hydrogen-bond donors (Lipinski definition) is 2. The molecule has 0 radical (unpaired) electrons. The molecule has 6 rings (SSSR count). The molecule has 2 aliphatic rings. The zero-order valence-corrected chi connectivity index (χ0v) is 21.1. The molecule has 1 unspecified atom stereocenters. The van der Waals surface area contributed by atoms with Gasteiger partial charge in [-0.05, 0) is 43.2 Å². The van der Waals surface area contributed by atoms with Gasteiger partial charge in [0.2, 0.25) is 6.79 Å². The third kappa shape index (κ3) is 4.65. The summed E-state index contributed by atoms with van der Waals surface area (Å²) in [6.07, 6.45) is 2.69. The largest absolute Gasteiger partial charge is 0.454 e. The highest BCUT2D eigenvalue weighted by Crippen LogP contribution is 2.34. The van der Waals surface area contributed by atoms with E-state index in [1.165, 1.54) is 23.1 Å². The Morgan fingerprint density at radius 1 is 1.00 bits per heavy atom. The van der Waals surface area contributed by atoms with E-state index in [-0.39, 0.29) is 6.79 Å². The van der Waals surface area contributed by atoms with Gasteiger partial charge in [-0.1, -0.05) is 12.1 Å². The number of imidazole rings is 1. The van der Waals surface area contributed by atoms with Crippen molar-refractivity contribution >= 4 is 22.7 Å². The highest BCUT2D eigenvalue weighted by atomic mass is 16.7. The second-order valence-corrected chi connectivity index (χ2v) is 9.59. The summed E-state index contributed by atoms with van der Waals surface area (Å²) in [5.41, 5.74) is 6.17. The van der Waals surface area contributed by atoms with Crippen LogP contribution in [0.1, 0.15) is 11.1 Å². The highest BCUT2D eigenvalue weighted by Gasteiger charge is 2.21. The molecule has 1 atom stereocenters. The fraction of sp³-hybridized carbons (Fsp3) is 0.370. The van der Waals surface area contributed by atoms with Crippen molar-refractivity contribution in [3.05, 3.63) is 60.2 Å². The van der Waals surface area contributed by atoms with Crippen LogP contribution in [0.5, 0.6) is 11.5 Å². The van der Waals surface area contributed by atoms with E-state index in [9.17, 15) is 5.11 Å². The number of ether oxygens (including phenoxy) is 2. The lowest BCUT2D eigenvalue weighted by Crippen LogP contribution is -2.49. The molecule has 2 aliphatic heterocycles. The van der Waals surface area contributed by atoms with Crippen LogP contribution in [0.3, 0.4) is 0 Å². The molecule has 10 heteroatoms. The topological polar surface area (TPSA) is 101 Å². The minimum atomic E-state index is -0.534. The number of benzene rings is 2. The fourth-order valence-electron chi connectivity index (χ4n) is 5.01. The summed E-state index contributed by atoms with van der Waals surface area (Å²) < 4.78 is 12.8. The summed E-state index contributed by atoms with van der Waals surface area (Å²) >= 11 is 0. The molecule has 0 aliphatic carbocycles. The van der Waals surface area contributed by atoms with Crippen molar-refractivity contribution in [3.63, 3.8) is 0 Å². The number of fused-ring (bicyclic) bond motifs is 2. The molecule has 0 saturated carbocycles. The third-order valence-electron chi connectivity index (χ3n) is 7.23. The molecule has 2 aromatic carbocycles. The highest BCUT2D eigenvalue weighted by molar-refractivity contribution is 5.84. The second kappa shape index (κ2) is 9.87. The van der Waals surface area contributed by atoms with E-state index >= 15 is 0 Å². The Morgan fingerprint density at radius 3 is 2.70 bits per heavy atom. The van der Waals surface area contributed by atoms with Gasteiger partial charge in [-0.25, -0.2) is 15.0 Å². The van der Waals surface area contributed by atoms with Crippen molar-refractivity contribution in [3.8, 4) is 17.2 Å². The number of rotatable bonds is 7. The van der Waals surface area contributed by atoms with Gasteiger partial charge in [0, 0.05) is 51.0 Å². The normalized spacial score (nSPS) is 16.4. The van der Waals surface area contributed by atoms with Crippen molar-refractivity contribution in [1.82, 2.24) is 24.4 Å². The van der Waals surface area contributed by atoms with E-state index in [0.717, 1.165) is 37.6 Å². The van der Waals surface area contributed by atoms with Crippen molar-refractivity contribution in [2.75, 3.05) is 56.3 Å². The van der Waals surface area contributed by atoms with E-state index in [0.29, 0.717) is 35.8 Å². The first kappa shape index (κ1) is 23.5. The predicted octanol–water partition coefficient (Wildman–Crippen LogP) is 2.76. The molecule has 2 N–H and O–H groups in total. The van der Waals surface area contributed by atoms with Gasteiger partial charge in [0.05, 0.1) is 11.8 Å². The van der Waals surface area contributed by atoms with Gasteiger partial charge in [0.15, 0.2) is 28.5 Å². The van der Waals surface area contributed by atoms with Gasteiger partial charge in [0.25, 0.3) is 0 Å². The van der Waals surface area contributed by atoms with E-state index in [2.05, 4.69) is 62.1 Å². The monoisotopic (exact) mass is 501 g/mol. The maximum atomic E-state index is 10.8.